The summed E-state index contributed by atoms with van der Waals surface area (Å²) in [5.41, 5.74) is 13.1. The van der Waals surface area contributed by atoms with Crippen molar-refractivity contribution in [2.24, 2.45) is 0 Å². The lowest BCUT2D eigenvalue weighted by atomic mass is 9.82. The van der Waals surface area contributed by atoms with Crippen molar-refractivity contribution in [1.82, 2.24) is 9.55 Å². The van der Waals surface area contributed by atoms with Gasteiger partial charge >= 0.3 is 0 Å². The van der Waals surface area contributed by atoms with E-state index in [4.69, 9.17) is 4.98 Å². The standard InChI is InChI=1S/C38H28N2/c1-38(2)32-19-11-9-17-28(32)30-23-31-29-18-10-12-20-36(29)40(37(31)24-33(30)38)27-21-34(25-13-5-3-6-14-25)39-35(22-27)26-15-7-4-8-16-26/h3-24H,1-2H3. The van der Waals surface area contributed by atoms with Crippen LogP contribution in [0.15, 0.2) is 133 Å². The summed E-state index contributed by atoms with van der Waals surface area (Å²) in [6.45, 7) is 4.70. The monoisotopic (exact) mass is 512 g/mol. The second kappa shape index (κ2) is 8.53. The van der Waals surface area contributed by atoms with Gasteiger partial charge in [-0.15, -0.1) is 0 Å². The Morgan fingerprint density at radius 1 is 0.500 bits per heavy atom. The van der Waals surface area contributed by atoms with Gasteiger partial charge in [-0.05, 0) is 52.6 Å². The minimum atomic E-state index is -0.0654. The van der Waals surface area contributed by atoms with Gasteiger partial charge in [0.2, 0.25) is 0 Å². The minimum absolute atomic E-state index is 0.0654. The smallest absolute Gasteiger partial charge is 0.0730 e. The van der Waals surface area contributed by atoms with Crippen LogP contribution in [-0.4, -0.2) is 9.55 Å². The number of benzene rings is 5. The van der Waals surface area contributed by atoms with E-state index in [9.17, 15) is 0 Å². The van der Waals surface area contributed by atoms with Crippen molar-refractivity contribution in [1.29, 1.82) is 0 Å². The first-order valence-electron chi connectivity index (χ1n) is 13.9. The molecule has 2 aromatic heterocycles. The van der Waals surface area contributed by atoms with Crippen LogP contribution in [-0.2, 0) is 5.41 Å². The summed E-state index contributed by atoms with van der Waals surface area (Å²) < 4.78 is 2.44. The molecule has 0 N–H and O–H groups in total. The summed E-state index contributed by atoms with van der Waals surface area (Å²) in [6, 6.07) is 48.0. The van der Waals surface area contributed by atoms with Crippen LogP contribution in [0.5, 0.6) is 0 Å². The predicted octanol–water partition coefficient (Wildman–Crippen LogP) is 9.82. The van der Waals surface area contributed by atoms with Crippen molar-refractivity contribution in [2.75, 3.05) is 0 Å². The van der Waals surface area contributed by atoms with Crippen LogP contribution in [0.1, 0.15) is 25.0 Å². The van der Waals surface area contributed by atoms with Crippen LogP contribution in [0.2, 0.25) is 0 Å². The SMILES string of the molecule is CC1(C)c2ccccc2-c2cc3c4ccccc4n(-c4cc(-c5ccccc5)nc(-c5ccccc5)c4)c3cc21. The van der Waals surface area contributed by atoms with Gasteiger partial charge in [-0.25, -0.2) is 4.98 Å². The summed E-state index contributed by atoms with van der Waals surface area (Å²) in [6.07, 6.45) is 0. The Hall–Kier alpha value is -4.95. The summed E-state index contributed by atoms with van der Waals surface area (Å²) in [5, 5.41) is 2.54. The van der Waals surface area contributed by atoms with Crippen LogP contribution < -0.4 is 0 Å². The van der Waals surface area contributed by atoms with Crippen molar-refractivity contribution in [3.05, 3.63) is 145 Å². The van der Waals surface area contributed by atoms with Crippen molar-refractivity contribution in [2.45, 2.75) is 19.3 Å². The highest BCUT2D eigenvalue weighted by Crippen LogP contribution is 2.51. The molecule has 2 nitrogen and oxygen atoms in total. The van der Waals surface area contributed by atoms with E-state index in [1.807, 2.05) is 0 Å². The third kappa shape index (κ3) is 3.32. The molecule has 0 saturated carbocycles. The normalized spacial score (nSPS) is 13.4. The molecule has 5 aromatic carbocycles. The van der Waals surface area contributed by atoms with E-state index in [-0.39, 0.29) is 5.41 Å². The fourth-order valence-electron chi connectivity index (χ4n) is 6.60. The van der Waals surface area contributed by atoms with Gasteiger partial charge < -0.3 is 4.57 Å². The predicted molar refractivity (Wildman–Crippen MR) is 167 cm³/mol. The highest BCUT2D eigenvalue weighted by Gasteiger charge is 2.36. The number of para-hydroxylation sites is 1. The van der Waals surface area contributed by atoms with Gasteiger partial charge in [0.05, 0.1) is 28.1 Å². The van der Waals surface area contributed by atoms with Crippen molar-refractivity contribution in [3.8, 4) is 39.3 Å². The number of hydrogen-bond donors (Lipinski definition) is 0. The molecule has 0 saturated heterocycles. The van der Waals surface area contributed by atoms with Crippen LogP contribution >= 0.6 is 0 Å². The largest absolute Gasteiger partial charge is 0.309 e. The number of pyridine rings is 1. The average Bonchev–Trinajstić information content (AvgIpc) is 3.45. The molecule has 0 fully saturated rings. The van der Waals surface area contributed by atoms with Gasteiger partial charge in [-0.2, -0.15) is 0 Å². The zero-order valence-electron chi connectivity index (χ0n) is 22.6. The molecule has 0 bridgehead atoms. The van der Waals surface area contributed by atoms with Crippen molar-refractivity contribution >= 4 is 21.8 Å². The number of hydrogen-bond acceptors (Lipinski definition) is 1. The topological polar surface area (TPSA) is 17.8 Å². The molecule has 0 amide bonds. The summed E-state index contributed by atoms with van der Waals surface area (Å²) in [5.74, 6) is 0. The molecule has 1 aliphatic rings. The first-order chi connectivity index (χ1) is 19.6. The molecule has 190 valence electrons. The van der Waals surface area contributed by atoms with Gasteiger partial charge in [0, 0.05) is 27.3 Å². The highest BCUT2D eigenvalue weighted by atomic mass is 15.0. The second-order valence-electron chi connectivity index (χ2n) is 11.3. The molecule has 1 aliphatic carbocycles. The lowest BCUT2D eigenvalue weighted by Crippen LogP contribution is -2.15. The number of aromatic nitrogens is 2. The molecule has 2 heteroatoms. The van der Waals surface area contributed by atoms with E-state index in [2.05, 4.69) is 152 Å². The third-order valence-corrected chi connectivity index (χ3v) is 8.58. The lowest BCUT2D eigenvalue weighted by molar-refractivity contribution is 0.661. The Labute approximate surface area is 234 Å². The van der Waals surface area contributed by atoms with Crippen LogP contribution in [0.25, 0.3) is 61.1 Å². The van der Waals surface area contributed by atoms with E-state index in [0.717, 1.165) is 28.2 Å². The van der Waals surface area contributed by atoms with Crippen molar-refractivity contribution in [3.63, 3.8) is 0 Å². The van der Waals surface area contributed by atoms with E-state index in [0.29, 0.717) is 0 Å². The fraction of sp³-hybridized carbons (Fsp3) is 0.0789. The van der Waals surface area contributed by atoms with Crippen molar-refractivity contribution < 1.29 is 0 Å². The molecule has 0 atom stereocenters. The maximum absolute atomic E-state index is 5.14. The molecule has 7 aromatic rings. The molecule has 8 rings (SSSR count). The molecule has 0 radical (unpaired) electrons. The van der Waals surface area contributed by atoms with Gasteiger partial charge in [-0.1, -0.05) is 117 Å². The van der Waals surface area contributed by atoms with E-state index < -0.39 is 0 Å². The number of rotatable bonds is 3. The summed E-state index contributed by atoms with van der Waals surface area (Å²) >= 11 is 0. The Bertz CT molecular complexity index is 2010. The molecular formula is C38H28N2. The lowest BCUT2D eigenvalue weighted by Gasteiger charge is -2.21. The zero-order valence-corrected chi connectivity index (χ0v) is 22.6. The third-order valence-electron chi connectivity index (χ3n) is 8.58. The van der Waals surface area contributed by atoms with Gasteiger partial charge in [0.25, 0.3) is 0 Å². The van der Waals surface area contributed by atoms with Crippen LogP contribution in [0.3, 0.4) is 0 Å². The quantitative estimate of drug-likeness (QED) is 0.230. The average molecular weight is 513 g/mol. The zero-order chi connectivity index (χ0) is 26.8. The Balaban J connectivity index is 1.46. The Morgan fingerprint density at radius 3 is 1.80 bits per heavy atom. The summed E-state index contributed by atoms with van der Waals surface area (Å²) in [7, 11) is 0. The first kappa shape index (κ1) is 23.0. The van der Waals surface area contributed by atoms with E-state index in [1.54, 1.807) is 0 Å². The van der Waals surface area contributed by atoms with Crippen LogP contribution in [0.4, 0.5) is 0 Å². The second-order valence-corrected chi connectivity index (χ2v) is 11.3. The molecule has 0 spiro atoms. The van der Waals surface area contributed by atoms with Crippen LogP contribution in [0, 0.1) is 0 Å². The Kier molecular flexibility index (Phi) is 4.90. The van der Waals surface area contributed by atoms with E-state index in [1.165, 1.54) is 44.1 Å². The molecule has 40 heavy (non-hydrogen) atoms. The maximum atomic E-state index is 5.14. The van der Waals surface area contributed by atoms with Gasteiger partial charge in [0.1, 0.15) is 0 Å². The number of nitrogens with zero attached hydrogens (tertiary/aromatic N) is 2. The molecule has 0 aliphatic heterocycles. The highest BCUT2D eigenvalue weighted by molar-refractivity contribution is 6.11. The summed E-state index contributed by atoms with van der Waals surface area (Å²) in [4.78, 5) is 5.14. The van der Waals surface area contributed by atoms with Gasteiger partial charge in [-0.3, -0.25) is 0 Å². The maximum Gasteiger partial charge on any atom is 0.0730 e. The Morgan fingerprint density at radius 2 is 1.10 bits per heavy atom. The van der Waals surface area contributed by atoms with Gasteiger partial charge in [0.15, 0.2) is 0 Å². The molecular weight excluding hydrogens is 484 g/mol. The molecule has 0 unspecified atom stereocenters. The molecule has 2 heterocycles. The number of fused-ring (bicyclic) bond motifs is 6. The van der Waals surface area contributed by atoms with E-state index >= 15 is 0 Å². The first-order valence-corrected chi connectivity index (χ1v) is 13.9. The minimum Gasteiger partial charge on any atom is -0.309 e. The fourth-order valence-corrected chi connectivity index (χ4v) is 6.60.